The first-order valence-corrected chi connectivity index (χ1v) is 6.41. The number of piperidine rings is 1. The van der Waals surface area contributed by atoms with Crippen LogP contribution in [0.25, 0.3) is 0 Å². The van der Waals surface area contributed by atoms with Gasteiger partial charge in [-0.25, -0.2) is 9.18 Å². The molecule has 1 aliphatic rings. The number of carbonyl (C=O) groups excluding carboxylic acids is 1. The summed E-state index contributed by atoms with van der Waals surface area (Å²) in [6, 6.07) is 3.75. The van der Waals surface area contributed by atoms with Gasteiger partial charge in [-0.1, -0.05) is 11.6 Å². The third-order valence-corrected chi connectivity index (χ3v) is 3.75. The topological polar surface area (TPSA) is 77.8 Å². The van der Waals surface area contributed by atoms with Crippen molar-refractivity contribution in [3.63, 3.8) is 0 Å². The second kappa shape index (κ2) is 5.38. The molecule has 0 aromatic heterocycles. The average Bonchev–Trinajstić information content (AvgIpc) is 2.42. The molecule has 0 radical (unpaired) electrons. The largest absolute Gasteiger partial charge is 0.479 e. The van der Waals surface area contributed by atoms with Gasteiger partial charge in [0.1, 0.15) is 5.82 Å². The molecule has 0 bridgehead atoms. The van der Waals surface area contributed by atoms with Gasteiger partial charge in [-0.05, 0) is 18.2 Å². The van der Waals surface area contributed by atoms with E-state index in [9.17, 15) is 19.1 Å². The molecule has 1 heterocycles. The molecule has 1 amide bonds. The van der Waals surface area contributed by atoms with Gasteiger partial charge in [0.2, 0.25) is 0 Å². The third kappa shape index (κ3) is 2.76. The van der Waals surface area contributed by atoms with Crippen LogP contribution in [0.2, 0.25) is 5.02 Å². The number of hydrogen-bond donors (Lipinski definition) is 2. The van der Waals surface area contributed by atoms with Crippen molar-refractivity contribution in [3.8, 4) is 0 Å². The van der Waals surface area contributed by atoms with Gasteiger partial charge in [0.25, 0.3) is 5.91 Å². The zero-order chi connectivity index (χ0) is 14.9. The summed E-state index contributed by atoms with van der Waals surface area (Å²) in [6.45, 7) is 0.206. The number of benzene rings is 1. The number of carboxylic acids is 1. The zero-order valence-electron chi connectivity index (χ0n) is 10.5. The van der Waals surface area contributed by atoms with E-state index in [1.165, 1.54) is 17.0 Å². The number of nitrogens with zero attached hydrogens (tertiary/aromatic N) is 1. The van der Waals surface area contributed by atoms with E-state index in [1.807, 2.05) is 0 Å². The summed E-state index contributed by atoms with van der Waals surface area (Å²) in [5.41, 5.74) is -1.64. The van der Waals surface area contributed by atoms with Crippen LogP contribution in [-0.2, 0) is 4.79 Å². The maximum atomic E-state index is 13.3. The average molecular weight is 302 g/mol. The predicted octanol–water partition coefficient (Wildman–Crippen LogP) is 1.53. The Labute approximate surface area is 119 Å². The minimum absolute atomic E-state index is 0.0514. The van der Waals surface area contributed by atoms with E-state index in [1.54, 1.807) is 0 Å². The van der Waals surface area contributed by atoms with Gasteiger partial charge in [-0.15, -0.1) is 0 Å². The van der Waals surface area contributed by atoms with Gasteiger partial charge in [-0.3, -0.25) is 4.79 Å². The Kier molecular flexibility index (Phi) is 3.96. The molecule has 20 heavy (non-hydrogen) atoms. The van der Waals surface area contributed by atoms with E-state index < -0.39 is 23.3 Å². The Morgan fingerprint density at radius 1 is 1.30 bits per heavy atom. The highest BCUT2D eigenvalue weighted by Crippen LogP contribution is 2.24. The lowest BCUT2D eigenvalue weighted by atomic mass is 9.91. The van der Waals surface area contributed by atoms with Gasteiger partial charge in [0, 0.05) is 31.5 Å². The number of aliphatic carboxylic acids is 1. The van der Waals surface area contributed by atoms with E-state index in [-0.39, 0.29) is 36.5 Å². The molecule has 0 spiro atoms. The molecule has 1 saturated heterocycles. The summed E-state index contributed by atoms with van der Waals surface area (Å²) < 4.78 is 13.3. The minimum atomic E-state index is -1.79. The molecule has 7 heteroatoms. The van der Waals surface area contributed by atoms with Crippen molar-refractivity contribution in [2.24, 2.45) is 0 Å². The van der Waals surface area contributed by atoms with Crippen molar-refractivity contribution in [3.05, 3.63) is 34.6 Å². The highest BCUT2D eigenvalue weighted by molar-refractivity contribution is 6.30. The van der Waals surface area contributed by atoms with Gasteiger partial charge in [0.05, 0.1) is 5.02 Å². The van der Waals surface area contributed by atoms with Gasteiger partial charge in [0.15, 0.2) is 5.60 Å². The first-order chi connectivity index (χ1) is 9.33. The van der Waals surface area contributed by atoms with Crippen LogP contribution in [-0.4, -0.2) is 45.7 Å². The summed E-state index contributed by atoms with van der Waals surface area (Å²) in [4.78, 5) is 24.4. The van der Waals surface area contributed by atoms with Gasteiger partial charge in [-0.2, -0.15) is 0 Å². The van der Waals surface area contributed by atoms with Crippen molar-refractivity contribution >= 4 is 23.5 Å². The van der Waals surface area contributed by atoms with Crippen LogP contribution in [0.4, 0.5) is 4.39 Å². The van der Waals surface area contributed by atoms with Gasteiger partial charge >= 0.3 is 5.97 Å². The molecule has 108 valence electrons. The fraction of sp³-hybridized carbons (Fsp3) is 0.385. The number of halogens is 2. The molecular weight excluding hydrogens is 289 g/mol. The Bertz CT molecular complexity index is 555. The maximum Gasteiger partial charge on any atom is 0.335 e. The maximum absolute atomic E-state index is 13.3. The molecule has 2 rings (SSSR count). The SMILES string of the molecule is O=C(c1ccc(Cl)c(F)c1)N1CCC(O)(C(=O)O)CC1. The van der Waals surface area contributed by atoms with Crippen LogP contribution in [0.1, 0.15) is 23.2 Å². The molecule has 2 N–H and O–H groups in total. The molecular formula is C13H13ClFNO4. The highest BCUT2D eigenvalue weighted by Gasteiger charge is 2.40. The quantitative estimate of drug-likeness (QED) is 0.868. The van der Waals surface area contributed by atoms with E-state index in [4.69, 9.17) is 16.7 Å². The Morgan fingerprint density at radius 2 is 1.90 bits per heavy atom. The molecule has 1 fully saturated rings. The number of amides is 1. The van der Waals surface area contributed by atoms with Crippen LogP contribution < -0.4 is 0 Å². The van der Waals surface area contributed by atoms with Crippen LogP contribution in [0.15, 0.2) is 18.2 Å². The van der Waals surface area contributed by atoms with Crippen LogP contribution in [0.3, 0.4) is 0 Å². The van der Waals surface area contributed by atoms with Crippen LogP contribution in [0.5, 0.6) is 0 Å². The number of carbonyl (C=O) groups is 2. The fourth-order valence-electron chi connectivity index (χ4n) is 2.11. The van der Waals surface area contributed by atoms with E-state index >= 15 is 0 Å². The normalized spacial score (nSPS) is 17.9. The summed E-state index contributed by atoms with van der Waals surface area (Å²) in [5, 5.41) is 18.6. The first kappa shape index (κ1) is 14.7. The predicted molar refractivity (Wildman–Crippen MR) is 69.1 cm³/mol. The lowest BCUT2D eigenvalue weighted by Crippen LogP contribution is -2.50. The summed E-state index contributed by atoms with van der Waals surface area (Å²) in [5.74, 6) is -2.38. The molecule has 5 nitrogen and oxygen atoms in total. The van der Waals surface area contributed by atoms with Crippen molar-refractivity contribution in [1.82, 2.24) is 4.90 Å². The molecule has 0 aliphatic carbocycles. The van der Waals surface area contributed by atoms with Crippen molar-refractivity contribution < 1.29 is 24.2 Å². The van der Waals surface area contributed by atoms with Crippen molar-refractivity contribution in [2.75, 3.05) is 13.1 Å². The smallest absolute Gasteiger partial charge is 0.335 e. The molecule has 0 unspecified atom stereocenters. The summed E-state index contributed by atoms with van der Waals surface area (Å²) in [7, 11) is 0. The number of carboxylic acid groups (broad SMARTS) is 1. The van der Waals surface area contributed by atoms with Crippen LogP contribution >= 0.6 is 11.6 Å². The first-order valence-electron chi connectivity index (χ1n) is 6.03. The number of aliphatic hydroxyl groups is 1. The second-order valence-electron chi connectivity index (χ2n) is 4.76. The van der Waals surface area contributed by atoms with Gasteiger partial charge < -0.3 is 15.1 Å². The molecule has 1 aromatic carbocycles. The summed E-state index contributed by atoms with van der Waals surface area (Å²) in [6.07, 6.45) is -0.103. The van der Waals surface area contributed by atoms with Crippen LogP contribution in [0, 0.1) is 5.82 Å². The van der Waals surface area contributed by atoms with E-state index in [0.717, 1.165) is 6.07 Å². The minimum Gasteiger partial charge on any atom is -0.479 e. The van der Waals surface area contributed by atoms with Crippen molar-refractivity contribution in [2.45, 2.75) is 18.4 Å². The molecule has 1 aliphatic heterocycles. The Balaban J connectivity index is 2.08. The standard InChI is InChI=1S/C13H13ClFNO4/c14-9-2-1-8(7-10(9)15)11(17)16-5-3-13(20,4-6-16)12(18)19/h1-2,7,20H,3-6H2,(H,18,19). The lowest BCUT2D eigenvalue weighted by Gasteiger charge is -2.35. The van der Waals surface area contributed by atoms with E-state index in [0.29, 0.717) is 0 Å². The fourth-order valence-corrected chi connectivity index (χ4v) is 2.22. The third-order valence-electron chi connectivity index (χ3n) is 3.44. The molecule has 0 saturated carbocycles. The Morgan fingerprint density at radius 3 is 2.40 bits per heavy atom. The number of hydrogen-bond acceptors (Lipinski definition) is 3. The lowest BCUT2D eigenvalue weighted by molar-refractivity contribution is -0.162. The zero-order valence-corrected chi connectivity index (χ0v) is 11.2. The monoisotopic (exact) mass is 301 g/mol. The second-order valence-corrected chi connectivity index (χ2v) is 5.17. The Hall–Kier alpha value is -1.66. The number of rotatable bonds is 2. The molecule has 1 aromatic rings. The van der Waals surface area contributed by atoms with E-state index in [2.05, 4.69) is 0 Å². The molecule has 0 atom stereocenters. The highest BCUT2D eigenvalue weighted by atomic mass is 35.5. The number of likely N-dealkylation sites (tertiary alicyclic amines) is 1. The summed E-state index contributed by atoms with van der Waals surface area (Å²) >= 11 is 5.55. The van der Waals surface area contributed by atoms with Crippen molar-refractivity contribution in [1.29, 1.82) is 0 Å².